The highest BCUT2D eigenvalue weighted by atomic mass is 32.2. The van der Waals surface area contributed by atoms with Gasteiger partial charge in [-0.2, -0.15) is 0 Å². The third-order valence-electron chi connectivity index (χ3n) is 2.86. The lowest BCUT2D eigenvalue weighted by Crippen LogP contribution is -2.19. The summed E-state index contributed by atoms with van der Waals surface area (Å²) in [5, 5.41) is 4.19. The molecule has 2 rings (SSSR count). The normalized spacial score (nSPS) is 11.0. The highest BCUT2D eigenvalue weighted by Gasteiger charge is 2.03. The van der Waals surface area contributed by atoms with Gasteiger partial charge in [-0.1, -0.05) is 32.0 Å². The Labute approximate surface area is 125 Å². The smallest absolute Gasteiger partial charge is 0.192 e. The van der Waals surface area contributed by atoms with Crippen LogP contribution < -0.4 is 5.32 Å². The van der Waals surface area contributed by atoms with Crippen LogP contribution in [0.5, 0.6) is 0 Å². The molecule has 1 aromatic heterocycles. The maximum absolute atomic E-state index is 4.42. The Morgan fingerprint density at radius 3 is 2.50 bits per heavy atom. The molecule has 0 radical (unpaired) electrons. The summed E-state index contributed by atoms with van der Waals surface area (Å²) < 4.78 is 0. The van der Waals surface area contributed by atoms with Gasteiger partial charge in [-0.3, -0.25) is 0 Å². The molecular formula is C16H21N3S. The van der Waals surface area contributed by atoms with Crippen LogP contribution in [0.3, 0.4) is 0 Å². The van der Waals surface area contributed by atoms with E-state index in [-0.39, 0.29) is 0 Å². The molecule has 0 unspecified atom stereocenters. The van der Waals surface area contributed by atoms with Crippen molar-refractivity contribution in [2.24, 2.45) is 5.92 Å². The number of nitrogens with zero attached hydrogens (tertiary/aromatic N) is 2. The summed E-state index contributed by atoms with van der Waals surface area (Å²) >= 11 is 1.61. The molecule has 2 aromatic rings. The van der Waals surface area contributed by atoms with Crippen molar-refractivity contribution >= 4 is 11.8 Å². The maximum Gasteiger partial charge on any atom is 0.192 e. The van der Waals surface area contributed by atoms with Crippen LogP contribution >= 0.6 is 11.8 Å². The van der Waals surface area contributed by atoms with Crippen molar-refractivity contribution in [1.82, 2.24) is 15.3 Å². The molecule has 3 nitrogen and oxygen atoms in total. The number of aryl methyl sites for hydroxylation is 1. The van der Waals surface area contributed by atoms with Crippen LogP contribution in [0, 0.1) is 12.8 Å². The lowest BCUT2D eigenvalue weighted by atomic mass is 10.2. The molecule has 0 atom stereocenters. The van der Waals surface area contributed by atoms with E-state index in [1.807, 2.05) is 24.5 Å². The Balaban J connectivity index is 1.93. The number of benzene rings is 1. The van der Waals surface area contributed by atoms with E-state index in [9.17, 15) is 0 Å². The van der Waals surface area contributed by atoms with E-state index in [2.05, 4.69) is 48.2 Å². The summed E-state index contributed by atoms with van der Waals surface area (Å²) in [5.74, 6) is 0.659. The summed E-state index contributed by atoms with van der Waals surface area (Å²) in [6.45, 7) is 8.34. The fourth-order valence-corrected chi connectivity index (χ4v) is 2.54. The molecule has 1 N–H and O–H groups in total. The van der Waals surface area contributed by atoms with Crippen LogP contribution in [-0.4, -0.2) is 16.5 Å². The Morgan fingerprint density at radius 2 is 1.85 bits per heavy atom. The monoisotopic (exact) mass is 287 g/mol. The summed E-state index contributed by atoms with van der Waals surface area (Å²) in [4.78, 5) is 10.1. The number of hydrogen-bond donors (Lipinski definition) is 1. The summed E-state index contributed by atoms with van der Waals surface area (Å²) in [5.41, 5.74) is 2.38. The molecule has 106 valence electrons. The quantitative estimate of drug-likeness (QED) is 0.822. The number of rotatable bonds is 6. The molecule has 4 heteroatoms. The Kier molecular flexibility index (Phi) is 5.56. The summed E-state index contributed by atoms with van der Waals surface area (Å²) in [6.07, 6.45) is 3.81. The van der Waals surface area contributed by atoms with Gasteiger partial charge in [-0.25, -0.2) is 9.97 Å². The van der Waals surface area contributed by atoms with Crippen molar-refractivity contribution in [3.8, 4) is 0 Å². The van der Waals surface area contributed by atoms with E-state index in [1.54, 1.807) is 11.8 Å². The molecule has 20 heavy (non-hydrogen) atoms. The number of nitrogens with one attached hydrogen (secondary N) is 1. The standard InChI is InChI=1S/C16H21N3S/c1-12(2)8-17-9-14-10-18-16(19-11-14)20-15-7-5-4-6-13(15)3/h4-7,10-12,17H,8-9H2,1-3H3. The van der Waals surface area contributed by atoms with Gasteiger partial charge < -0.3 is 5.32 Å². The largest absolute Gasteiger partial charge is 0.312 e. The van der Waals surface area contributed by atoms with Gasteiger partial charge in [0.15, 0.2) is 5.16 Å². The predicted octanol–water partition coefficient (Wildman–Crippen LogP) is 3.68. The molecule has 0 saturated heterocycles. The minimum absolute atomic E-state index is 0.659. The summed E-state index contributed by atoms with van der Waals surface area (Å²) in [6, 6.07) is 8.29. The molecule has 1 aromatic carbocycles. The minimum atomic E-state index is 0.659. The van der Waals surface area contributed by atoms with Crippen LogP contribution in [0.25, 0.3) is 0 Å². The van der Waals surface area contributed by atoms with Gasteiger partial charge in [-0.05, 0) is 42.8 Å². The number of hydrogen-bond acceptors (Lipinski definition) is 4. The van der Waals surface area contributed by atoms with Gasteiger partial charge in [0.1, 0.15) is 0 Å². The molecule has 0 amide bonds. The molecular weight excluding hydrogens is 266 g/mol. The lowest BCUT2D eigenvalue weighted by molar-refractivity contribution is 0.550. The molecule has 1 heterocycles. The van der Waals surface area contributed by atoms with E-state index in [4.69, 9.17) is 0 Å². The van der Waals surface area contributed by atoms with Crippen LogP contribution in [-0.2, 0) is 6.54 Å². The second kappa shape index (κ2) is 7.41. The van der Waals surface area contributed by atoms with Crippen molar-refractivity contribution < 1.29 is 0 Å². The van der Waals surface area contributed by atoms with Crippen LogP contribution in [0.1, 0.15) is 25.0 Å². The highest BCUT2D eigenvalue weighted by molar-refractivity contribution is 7.99. The SMILES string of the molecule is Cc1ccccc1Sc1ncc(CNCC(C)C)cn1. The van der Waals surface area contributed by atoms with Gasteiger partial charge in [-0.15, -0.1) is 0 Å². The van der Waals surface area contributed by atoms with Crippen LogP contribution in [0.2, 0.25) is 0 Å². The average molecular weight is 287 g/mol. The van der Waals surface area contributed by atoms with Gasteiger partial charge in [0.25, 0.3) is 0 Å². The zero-order valence-corrected chi connectivity index (χ0v) is 13.1. The van der Waals surface area contributed by atoms with Crippen molar-refractivity contribution in [2.45, 2.75) is 37.4 Å². The molecule has 0 spiro atoms. The fraction of sp³-hybridized carbons (Fsp3) is 0.375. The highest BCUT2D eigenvalue weighted by Crippen LogP contribution is 2.26. The van der Waals surface area contributed by atoms with Crippen molar-refractivity contribution in [1.29, 1.82) is 0 Å². The second-order valence-electron chi connectivity index (χ2n) is 5.27. The van der Waals surface area contributed by atoms with Crippen LogP contribution in [0.15, 0.2) is 46.7 Å². The van der Waals surface area contributed by atoms with Crippen molar-refractivity contribution in [2.75, 3.05) is 6.54 Å². The van der Waals surface area contributed by atoms with Crippen LogP contribution in [0.4, 0.5) is 0 Å². The second-order valence-corrected chi connectivity index (χ2v) is 6.28. The Hall–Kier alpha value is -1.39. The third kappa shape index (κ3) is 4.62. The van der Waals surface area contributed by atoms with Gasteiger partial charge in [0.05, 0.1) is 0 Å². The van der Waals surface area contributed by atoms with Gasteiger partial charge in [0, 0.05) is 29.4 Å². The minimum Gasteiger partial charge on any atom is -0.312 e. The Morgan fingerprint density at radius 1 is 1.15 bits per heavy atom. The molecule has 0 bridgehead atoms. The summed E-state index contributed by atoms with van der Waals surface area (Å²) in [7, 11) is 0. The number of aromatic nitrogens is 2. The van der Waals surface area contributed by atoms with Gasteiger partial charge in [0.2, 0.25) is 0 Å². The zero-order valence-electron chi connectivity index (χ0n) is 12.3. The molecule has 0 saturated carbocycles. The van der Waals surface area contributed by atoms with Gasteiger partial charge >= 0.3 is 0 Å². The van der Waals surface area contributed by atoms with E-state index in [0.29, 0.717) is 5.92 Å². The van der Waals surface area contributed by atoms with Crippen molar-refractivity contribution in [3.05, 3.63) is 47.8 Å². The molecule has 0 aliphatic heterocycles. The third-order valence-corrected chi connectivity index (χ3v) is 3.93. The first-order chi connectivity index (χ1) is 9.65. The van der Waals surface area contributed by atoms with E-state index in [1.165, 1.54) is 10.5 Å². The van der Waals surface area contributed by atoms with E-state index >= 15 is 0 Å². The lowest BCUT2D eigenvalue weighted by Gasteiger charge is -2.07. The van der Waals surface area contributed by atoms with Crippen molar-refractivity contribution in [3.63, 3.8) is 0 Å². The maximum atomic E-state index is 4.42. The topological polar surface area (TPSA) is 37.8 Å². The average Bonchev–Trinajstić information content (AvgIpc) is 2.43. The molecule has 0 aliphatic carbocycles. The molecule has 0 aliphatic rings. The first-order valence-electron chi connectivity index (χ1n) is 6.90. The molecule has 0 fully saturated rings. The predicted molar refractivity (Wildman–Crippen MR) is 83.9 cm³/mol. The van der Waals surface area contributed by atoms with E-state index in [0.717, 1.165) is 23.8 Å². The zero-order chi connectivity index (χ0) is 14.4. The first-order valence-corrected chi connectivity index (χ1v) is 7.72. The first kappa shape index (κ1) is 15.0. The fourth-order valence-electron chi connectivity index (χ4n) is 1.76. The van der Waals surface area contributed by atoms with E-state index < -0.39 is 0 Å². The Bertz CT molecular complexity index is 538.